The molecule has 2 aromatic carbocycles. The molecule has 0 aliphatic rings. The Labute approximate surface area is 148 Å². The van der Waals surface area contributed by atoms with Crippen molar-refractivity contribution < 1.29 is 14.6 Å². The van der Waals surface area contributed by atoms with Crippen LogP contribution in [0.1, 0.15) is 43.0 Å². The molecule has 1 unspecified atom stereocenters. The minimum atomic E-state index is -0.956. The third-order valence-corrected chi connectivity index (χ3v) is 4.08. The van der Waals surface area contributed by atoms with Crippen LogP contribution in [0.4, 0.5) is 5.69 Å². The highest BCUT2D eigenvalue weighted by atomic mass is 16.5. The van der Waals surface area contributed by atoms with Gasteiger partial charge in [0.25, 0.3) is 0 Å². The molecular formula is C21H25NO3. The van der Waals surface area contributed by atoms with Gasteiger partial charge in [0.05, 0.1) is 17.4 Å². The molecule has 0 aliphatic carbocycles. The zero-order chi connectivity index (χ0) is 18.2. The Hall–Kier alpha value is -2.75. The summed E-state index contributed by atoms with van der Waals surface area (Å²) in [5.74, 6) is -0.324. The Bertz CT molecular complexity index is 740. The molecule has 0 radical (unpaired) electrons. The van der Waals surface area contributed by atoms with E-state index in [1.807, 2.05) is 31.2 Å². The minimum absolute atomic E-state index is 0.0734. The quantitative estimate of drug-likeness (QED) is 0.376. The number of hydrogen-bond donors (Lipinski definition) is 2. The first kappa shape index (κ1) is 18.6. The highest BCUT2D eigenvalue weighted by Crippen LogP contribution is 2.31. The molecule has 0 fully saturated rings. The first-order valence-corrected chi connectivity index (χ1v) is 8.52. The molecule has 0 amide bonds. The number of anilines is 1. The van der Waals surface area contributed by atoms with Crippen molar-refractivity contribution >= 4 is 11.7 Å². The van der Waals surface area contributed by atoms with Gasteiger partial charge >= 0.3 is 5.97 Å². The Morgan fingerprint density at radius 2 is 2.04 bits per heavy atom. The molecule has 0 aromatic heterocycles. The molecular weight excluding hydrogens is 314 g/mol. The third kappa shape index (κ3) is 5.11. The van der Waals surface area contributed by atoms with Crippen LogP contribution in [0.15, 0.2) is 55.1 Å². The van der Waals surface area contributed by atoms with E-state index in [2.05, 4.69) is 6.58 Å². The number of aromatic carboxylic acids is 1. The van der Waals surface area contributed by atoms with Gasteiger partial charge in [0.2, 0.25) is 0 Å². The van der Waals surface area contributed by atoms with Crippen molar-refractivity contribution in [1.82, 2.24) is 0 Å². The summed E-state index contributed by atoms with van der Waals surface area (Å²) < 4.78 is 5.93. The van der Waals surface area contributed by atoms with Gasteiger partial charge in [0.15, 0.2) is 0 Å². The topological polar surface area (TPSA) is 72.5 Å². The first-order valence-electron chi connectivity index (χ1n) is 8.52. The second-order valence-corrected chi connectivity index (χ2v) is 6.10. The molecule has 2 rings (SSSR count). The highest BCUT2D eigenvalue weighted by Gasteiger charge is 2.13. The number of benzene rings is 2. The zero-order valence-electron chi connectivity index (χ0n) is 14.6. The molecule has 0 saturated carbocycles. The van der Waals surface area contributed by atoms with Gasteiger partial charge in [-0.2, -0.15) is 0 Å². The van der Waals surface area contributed by atoms with E-state index in [-0.39, 0.29) is 11.7 Å². The normalized spacial score (nSPS) is 11.7. The van der Waals surface area contributed by atoms with Gasteiger partial charge in [0, 0.05) is 0 Å². The van der Waals surface area contributed by atoms with Crippen molar-refractivity contribution in [3.05, 3.63) is 60.7 Å². The molecule has 4 heteroatoms. The van der Waals surface area contributed by atoms with Gasteiger partial charge < -0.3 is 15.6 Å². The SMILES string of the molecule is C=CCCCCC(C)Oc1ccc(-c2ccccc2C(=O)O)cc1N. The maximum Gasteiger partial charge on any atom is 0.336 e. The predicted octanol–water partition coefficient (Wildman–Crippen LogP) is 5.15. The molecule has 25 heavy (non-hydrogen) atoms. The summed E-state index contributed by atoms with van der Waals surface area (Å²) in [5.41, 5.74) is 8.30. The Morgan fingerprint density at radius 1 is 1.28 bits per heavy atom. The summed E-state index contributed by atoms with van der Waals surface area (Å²) in [6.45, 7) is 5.75. The fraction of sp³-hybridized carbons (Fsp3) is 0.286. The van der Waals surface area contributed by atoms with E-state index in [9.17, 15) is 9.90 Å². The van der Waals surface area contributed by atoms with Crippen LogP contribution in [-0.2, 0) is 0 Å². The summed E-state index contributed by atoms with van der Waals surface area (Å²) in [5, 5.41) is 9.33. The van der Waals surface area contributed by atoms with Crippen LogP contribution in [0.3, 0.4) is 0 Å². The smallest absolute Gasteiger partial charge is 0.336 e. The molecule has 0 spiro atoms. The van der Waals surface area contributed by atoms with Crippen LogP contribution in [0.2, 0.25) is 0 Å². The molecule has 4 nitrogen and oxygen atoms in total. The summed E-state index contributed by atoms with van der Waals surface area (Å²) in [4.78, 5) is 11.4. The number of ether oxygens (including phenoxy) is 1. The first-order chi connectivity index (χ1) is 12.0. The van der Waals surface area contributed by atoms with Crippen molar-refractivity contribution in [2.24, 2.45) is 0 Å². The van der Waals surface area contributed by atoms with Crippen LogP contribution < -0.4 is 10.5 Å². The molecule has 1 atom stereocenters. The van der Waals surface area contributed by atoms with E-state index < -0.39 is 5.97 Å². The van der Waals surface area contributed by atoms with Crippen LogP contribution in [-0.4, -0.2) is 17.2 Å². The summed E-state index contributed by atoms with van der Waals surface area (Å²) in [6, 6.07) is 12.3. The lowest BCUT2D eigenvalue weighted by Crippen LogP contribution is -2.12. The van der Waals surface area contributed by atoms with Gasteiger partial charge in [-0.1, -0.05) is 30.3 Å². The maximum atomic E-state index is 11.4. The van der Waals surface area contributed by atoms with E-state index in [1.165, 1.54) is 0 Å². The largest absolute Gasteiger partial charge is 0.489 e. The molecule has 0 saturated heterocycles. The number of unbranched alkanes of at least 4 members (excludes halogenated alkanes) is 2. The molecule has 0 aliphatic heterocycles. The van der Waals surface area contributed by atoms with Crippen LogP contribution >= 0.6 is 0 Å². The van der Waals surface area contributed by atoms with Crippen LogP contribution in [0, 0.1) is 0 Å². The molecule has 0 heterocycles. The number of nitrogen functional groups attached to an aromatic ring is 1. The zero-order valence-corrected chi connectivity index (χ0v) is 14.6. The molecule has 132 valence electrons. The lowest BCUT2D eigenvalue weighted by atomic mass is 9.99. The van der Waals surface area contributed by atoms with Crippen molar-refractivity contribution in [1.29, 1.82) is 0 Å². The van der Waals surface area contributed by atoms with Crippen molar-refractivity contribution in [2.75, 3.05) is 5.73 Å². The standard InChI is InChI=1S/C21H25NO3/c1-3-4-5-6-9-15(2)25-20-13-12-16(14-19(20)22)17-10-7-8-11-18(17)21(23)24/h3,7-8,10-15H,1,4-6,9,22H2,2H3,(H,23,24). The van der Waals surface area contributed by atoms with E-state index in [0.717, 1.165) is 31.2 Å². The van der Waals surface area contributed by atoms with E-state index in [0.29, 0.717) is 17.0 Å². The van der Waals surface area contributed by atoms with Gasteiger partial charge in [0.1, 0.15) is 5.75 Å². The number of carboxylic acid groups (broad SMARTS) is 1. The van der Waals surface area contributed by atoms with E-state index >= 15 is 0 Å². The van der Waals surface area contributed by atoms with Crippen molar-refractivity contribution in [3.63, 3.8) is 0 Å². The second-order valence-electron chi connectivity index (χ2n) is 6.10. The number of nitrogens with two attached hydrogens (primary N) is 1. The van der Waals surface area contributed by atoms with Gasteiger partial charge in [-0.05, 0) is 61.9 Å². The maximum absolute atomic E-state index is 11.4. The number of allylic oxidation sites excluding steroid dienone is 1. The molecule has 3 N–H and O–H groups in total. The fourth-order valence-corrected chi connectivity index (χ4v) is 2.74. The number of hydrogen-bond acceptors (Lipinski definition) is 3. The number of rotatable bonds is 9. The average molecular weight is 339 g/mol. The van der Waals surface area contributed by atoms with Crippen molar-refractivity contribution in [2.45, 2.75) is 38.7 Å². The Kier molecular flexibility index (Phi) is 6.63. The second kappa shape index (κ2) is 8.92. The van der Waals surface area contributed by atoms with E-state index in [1.54, 1.807) is 24.3 Å². The van der Waals surface area contributed by atoms with Crippen LogP contribution in [0.25, 0.3) is 11.1 Å². The van der Waals surface area contributed by atoms with Gasteiger partial charge in [-0.3, -0.25) is 0 Å². The lowest BCUT2D eigenvalue weighted by Gasteiger charge is -2.17. The lowest BCUT2D eigenvalue weighted by molar-refractivity contribution is 0.0697. The fourth-order valence-electron chi connectivity index (χ4n) is 2.74. The summed E-state index contributed by atoms with van der Waals surface area (Å²) in [6.07, 6.45) is 6.17. The number of carbonyl (C=O) groups is 1. The van der Waals surface area contributed by atoms with Gasteiger partial charge in [-0.25, -0.2) is 4.79 Å². The third-order valence-electron chi connectivity index (χ3n) is 4.08. The average Bonchev–Trinajstić information content (AvgIpc) is 2.60. The molecule has 2 aromatic rings. The van der Waals surface area contributed by atoms with Crippen LogP contribution in [0.5, 0.6) is 5.75 Å². The predicted molar refractivity (Wildman–Crippen MR) is 102 cm³/mol. The van der Waals surface area contributed by atoms with Crippen molar-refractivity contribution in [3.8, 4) is 16.9 Å². The van der Waals surface area contributed by atoms with Gasteiger partial charge in [-0.15, -0.1) is 6.58 Å². The van der Waals surface area contributed by atoms with E-state index in [4.69, 9.17) is 10.5 Å². The number of carboxylic acids is 1. The summed E-state index contributed by atoms with van der Waals surface area (Å²) in [7, 11) is 0. The molecule has 0 bridgehead atoms. The highest BCUT2D eigenvalue weighted by molar-refractivity contribution is 5.96. The Balaban J connectivity index is 2.11. The monoisotopic (exact) mass is 339 g/mol. The minimum Gasteiger partial charge on any atom is -0.489 e. The Morgan fingerprint density at radius 3 is 2.72 bits per heavy atom. The summed E-state index contributed by atoms with van der Waals surface area (Å²) >= 11 is 0.